The monoisotopic (exact) mass is 390 g/mol. The fourth-order valence-corrected chi connectivity index (χ4v) is 3.82. The van der Waals surface area contributed by atoms with Crippen LogP contribution in [0.5, 0.6) is 0 Å². The second kappa shape index (κ2) is 6.95. The first kappa shape index (κ1) is 17.6. The highest BCUT2D eigenvalue weighted by atomic mass is 35.5. The van der Waals surface area contributed by atoms with Crippen LogP contribution in [0, 0.1) is 17.0 Å². The van der Waals surface area contributed by atoms with E-state index in [1.54, 1.807) is 6.07 Å². The van der Waals surface area contributed by atoms with E-state index in [4.69, 9.17) is 23.8 Å². The number of benzene rings is 2. The van der Waals surface area contributed by atoms with Gasteiger partial charge in [0.15, 0.2) is 4.32 Å². The number of aryl methyl sites for hydroxylation is 1. The number of non-ortho nitro benzene ring substituents is 1. The van der Waals surface area contributed by atoms with Crippen molar-refractivity contribution in [2.24, 2.45) is 0 Å². The molecule has 0 spiro atoms. The fourth-order valence-electron chi connectivity index (χ4n) is 2.35. The minimum absolute atomic E-state index is 0.0928. The molecule has 2 aromatic carbocycles. The summed E-state index contributed by atoms with van der Waals surface area (Å²) >= 11 is 12.6. The molecule has 126 valence electrons. The molecule has 0 atom stereocenters. The Morgan fingerprint density at radius 3 is 2.72 bits per heavy atom. The summed E-state index contributed by atoms with van der Waals surface area (Å²) in [7, 11) is 0. The number of nitrogens with zero attached hydrogens (tertiary/aromatic N) is 2. The molecule has 1 saturated heterocycles. The van der Waals surface area contributed by atoms with Gasteiger partial charge < -0.3 is 0 Å². The second-order valence-corrected chi connectivity index (χ2v) is 7.40. The Morgan fingerprint density at radius 1 is 1.28 bits per heavy atom. The van der Waals surface area contributed by atoms with E-state index in [0.29, 0.717) is 25.5 Å². The Balaban J connectivity index is 1.99. The topological polar surface area (TPSA) is 63.5 Å². The molecule has 2 aromatic rings. The molecule has 0 saturated carbocycles. The zero-order valence-electron chi connectivity index (χ0n) is 12.9. The number of thioether (sulfide) groups is 1. The molecule has 0 aliphatic carbocycles. The van der Waals surface area contributed by atoms with Crippen molar-refractivity contribution in [3.63, 3.8) is 0 Å². The van der Waals surface area contributed by atoms with Crippen molar-refractivity contribution >= 4 is 63.3 Å². The van der Waals surface area contributed by atoms with Gasteiger partial charge >= 0.3 is 0 Å². The van der Waals surface area contributed by atoms with E-state index < -0.39 is 4.92 Å². The van der Waals surface area contributed by atoms with Gasteiger partial charge in [-0.15, -0.1) is 0 Å². The van der Waals surface area contributed by atoms with Gasteiger partial charge in [0.1, 0.15) is 0 Å². The Bertz CT molecular complexity index is 943. The van der Waals surface area contributed by atoms with Crippen LogP contribution in [0.2, 0.25) is 5.02 Å². The fraction of sp³-hybridized carbons (Fsp3) is 0.0588. The van der Waals surface area contributed by atoms with Crippen molar-refractivity contribution in [2.45, 2.75) is 6.92 Å². The van der Waals surface area contributed by atoms with Crippen LogP contribution in [-0.4, -0.2) is 15.2 Å². The number of amides is 1. The van der Waals surface area contributed by atoms with Gasteiger partial charge in [0.05, 0.1) is 15.5 Å². The summed E-state index contributed by atoms with van der Waals surface area (Å²) < 4.78 is 0.406. The highest BCUT2D eigenvalue weighted by Crippen LogP contribution is 2.37. The summed E-state index contributed by atoms with van der Waals surface area (Å²) in [5.74, 6) is -0.275. The summed E-state index contributed by atoms with van der Waals surface area (Å²) in [5, 5.41) is 11.3. The molecular formula is C17H11ClN2O3S2. The molecule has 1 amide bonds. The minimum atomic E-state index is -0.508. The van der Waals surface area contributed by atoms with E-state index in [1.807, 2.05) is 25.1 Å². The Kier molecular flexibility index (Phi) is 4.89. The van der Waals surface area contributed by atoms with Crippen molar-refractivity contribution in [1.29, 1.82) is 0 Å². The average Bonchev–Trinajstić information content (AvgIpc) is 2.83. The van der Waals surface area contributed by atoms with Gasteiger partial charge in [0, 0.05) is 22.7 Å². The number of halogens is 1. The second-order valence-electron chi connectivity index (χ2n) is 5.32. The first-order valence-corrected chi connectivity index (χ1v) is 8.75. The van der Waals surface area contributed by atoms with Crippen LogP contribution in [0.25, 0.3) is 6.08 Å². The van der Waals surface area contributed by atoms with Gasteiger partial charge in [-0.05, 0) is 36.8 Å². The van der Waals surface area contributed by atoms with Gasteiger partial charge in [-0.25, -0.2) is 0 Å². The third kappa shape index (κ3) is 3.58. The summed E-state index contributed by atoms with van der Waals surface area (Å²) in [4.78, 5) is 25.0. The minimum Gasteiger partial charge on any atom is -0.268 e. The van der Waals surface area contributed by atoms with E-state index in [1.165, 1.54) is 29.2 Å². The van der Waals surface area contributed by atoms with Crippen molar-refractivity contribution < 1.29 is 9.72 Å². The van der Waals surface area contributed by atoms with Crippen molar-refractivity contribution in [1.82, 2.24) is 0 Å². The van der Waals surface area contributed by atoms with E-state index in [-0.39, 0.29) is 11.6 Å². The predicted octanol–water partition coefficient (Wildman–Crippen LogP) is 4.96. The van der Waals surface area contributed by atoms with Crippen LogP contribution in [0.3, 0.4) is 0 Å². The summed E-state index contributed by atoms with van der Waals surface area (Å²) in [6, 6.07) is 11.5. The van der Waals surface area contributed by atoms with Gasteiger partial charge in [0.2, 0.25) is 0 Å². The molecule has 0 N–H and O–H groups in total. The van der Waals surface area contributed by atoms with Gasteiger partial charge in [0.25, 0.3) is 11.6 Å². The lowest BCUT2D eigenvalue weighted by molar-refractivity contribution is -0.384. The third-order valence-electron chi connectivity index (χ3n) is 3.53. The Labute approximate surface area is 158 Å². The zero-order chi connectivity index (χ0) is 18.1. The van der Waals surface area contributed by atoms with Crippen LogP contribution < -0.4 is 4.90 Å². The predicted molar refractivity (Wildman–Crippen MR) is 105 cm³/mol. The molecule has 0 aromatic heterocycles. The molecule has 1 heterocycles. The number of carbonyl (C=O) groups is 1. The van der Waals surface area contributed by atoms with Crippen LogP contribution in [0.1, 0.15) is 11.1 Å². The molecule has 3 rings (SSSR count). The first-order valence-electron chi connectivity index (χ1n) is 7.15. The van der Waals surface area contributed by atoms with Crippen molar-refractivity contribution in [2.75, 3.05) is 4.90 Å². The maximum Gasteiger partial charge on any atom is 0.270 e. The maximum atomic E-state index is 12.7. The van der Waals surface area contributed by atoms with Gasteiger partial charge in [-0.1, -0.05) is 47.7 Å². The maximum absolute atomic E-state index is 12.7. The number of anilines is 1. The first-order chi connectivity index (χ1) is 11.9. The number of nitro benzene ring substituents is 1. The van der Waals surface area contributed by atoms with Crippen LogP contribution in [0.4, 0.5) is 11.4 Å². The van der Waals surface area contributed by atoms with E-state index >= 15 is 0 Å². The van der Waals surface area contributed by atoms with Crippen LogP contribution in [-0.2, 0) is 4.79 Å². The molecule has 8 heteroatoms. The van der Waals surface area contributed by atoms with E-state index in [0.717, 1.165) is 17.3 Å². The summed E-state index contributed by atoms with van der Waals surface area (Å²) in [6.45, 7) is 1.93. The lowest BCUT2D eigenvalue weighted by Crippen LogP contribution is -2.27. The SMILES string of the molecule is Cc1cccc(N2C(=O)/C(=C\c3cc([N+](=O)[O-])ccc3Cl)SC2=S)c1. The van der Waals surface area contributed by atoms with Crippen LogP contribution >= 0.6 is 35.6 Å². The number of hydrogen-bond donors (Lipinski definition) is 0. The lowest BCUT2D eigenvalue weighted by atomic mass is 10.1. The number of nitro groups is 1. The summed E-state index contributed by atoms with van der Waals surface area (Å²) in [5.41, 5.74) is 2.01. The highest BCUT2D eigenvalue weighted by molar-refractivity contribution is 8.27. The smallest absolute Gasteiger partial charge is 0.268 e. The van der Waals surface area contributed by atoms with Crippen LogP contribution in [0.15, 0.2) is 47.4 Å². The van der Waals surface area contributed by atoms with E-state index in [9.17, 15) is 14.9 Å². The number of thiocarbonyl (C=S) groups is 1. The molecule has 0 bridgehead atoms. The number of rotatable bonds is 3. The van der Waals surface area contributed by atoms with E-state index in [2.05, 4.69) is 0 Å². The normalized spacial score (nSPS) is 15.9. The quantitative estimate of drug-likeness (QED) is 0.320. The highest BCUT2D eigenvalue weighted by Gasteiger charge is 2.33. The molecule has 0 unspecified atom stereocenters. The lowest BCUT2D eigenvalue weighted by Gasteiger charge is -2.14. The molecule has 1 aliphatic rings. The van der Waals surface area contributed by atoms with Gasteiger partial charge in [-0.2, -0.15) is 0 Å². The van der Waals surface area contributed by atoms with Crippen molar-refractivity contribution in [3.05, 3.63) is 73.6 Å². The number of hydrogen-bond acceptors (Lipinski definition) is 5. The van der Waals surface area contributed by atoms with Crippen molar-refractivity contribution in [3.8, 4) is 0 Å². The molecule has 1 fully saturated rings. The zero-order valence-corrected chi connectivity index (χ0v) is 15.3. The van der Waals surface area contributed by atoms with Gasteiger partial charge in [-0.3, -0.25) is 19.8 Å². The summed E-state index contributed by atoms with van der Waals surface area (Å²) in [6.07, 6.45) is 1.53. The number of carbonyl (C=O) groups excluding carboxylic acids is 1. The molecular weight excluding hydrogens is 380 g/mol. The third-order valence-corrected chi connectivity index (χ3v) is 5.18. The molecule has 25 heavy (non-hydrogen) atoms. The average molecular weight is 391 g/mol. The Hall–Kier alpha value is -2.22. The largest absolute Gasteiger partial charge is 0.270 e. The molecule has 1 aliphatic heterocycles. The Morgan fingerprint density at radius 2 is 2.04 bits per heavy atom. The molecule has 5 nitrogen and oxygen atoms in total. The molecule has 0 radical (unpaired) electrons. The standard InChI is InChI=1S/C17H11ClN2O3S2/c1-10-3-2-4-12(7-10)19-16(21)15(25-17(19)24)9-11-8-13(20(22)23)5-6-14(11)18/h2-9H,1H3/b15-9+.